The zero-order chi connectivity index (χ0) is 15.0. The zero-order valence-electron chi connectivity index (χ0n) is 12.6. The van der Waals surface area contributed by atoms with E-state index in [1.807, 2.05) is 19.0 Å². The molecular weight excluding hydrogens is 271 g/mol. The van der Waals surface area contributed by atoms with Crippen molar-refractivity contribution in [3.8, 4) is 0 Å². The number of hydrogen-bond donors (Lipinski definition) is 0. The molecule has 6 heteroatoms. The van der Waals surface area contributed by atoms with Gasteiger partial charge in [0.15, 0.2) is 5.67 Å². The van der Waals surface area contributed by atoms with Crippen LogP contribution in [0.25, 0.3) is 0 Å². The van der Waals surface area contributed by atoms with Crippen LogP contribution in [0.4, 0.5) is 10.2 Å². The van der Waals surface area contributed by atoms with Gasteiger partial charge < -0.3 is 9.80 Å². The number of halogens is 1. The molecule has 21 heavy (non-hydrogen) atoms. The summed E-state index contributed by atoms with van der Waals surface area (Å²) in [5.41, 5.74) is 0.455. The van der Waals surface area contributed by atoms with Gasteiger partial charge in [-0.25, -0.2) is 14.4 Å². The van der Waals surface area contributed by atoms with Crippen molar-refractivity contribution in [2.45, 2.75) is 37.8 Å². The number of carbonyl (C=O) groups is 1. The lowest BCUT2D eigenvalue weighted by Gasteiger charge is -2.36. The molecular formula is C15H21FN4O. The van der Waals surface area contributed by atoms with Crippen molar-refractivity contribution in [3.63, 3.8) is 0 Å². The van der Waals surface area contributed by atoms with Crippen molar-refractivity contribution in [1.29, 1.82) is 0 Å². The molecule has 5 nitrogen and oxygen atoms in total. The number of aromatic nitrogens is 2. The van der Waals surface area contributed by atoms with Crippen LogP contribution in [0.15, 0.2) is 6.33 Å². The molecule has 2 heterocycles. The van der Waals surface area contributed by atoms with Crippen LogP contribution in [0, 0.1) is 0 Å². The first kappa shape index (κ1) is 14.2. The van der Waals surface area contributed by atoms with Crippen LogP contribution in [0.3, 0.4) is 0 Å². The van der Waals surface area contributed by atoms with E-state index in [1.54, 1.807) is 11.2 Å². The zero-order valence-corrected chi connectivity index (χ0v) is 12.6. The Hall–Kier alpha value is -1.72. The highest BCUT2D eigenvalue weighted by atomic mass is 19.1. The molecule has 1 aromatic rings. The number of anilines is 1. The third kappa shape index (κ3) is 2.47. The number of carbonyl (C=O) groups excluding carboxylic acids is 1. The van der Waals surface area contributed by atoms with E-state index < -0.39 is 5.67 Å². The summed E-state index contributed by atoms with van der Waals surface area (Å²) in [5.74, 6) is 0.564. The first-order chi connectivity index (χ1) is 10.0. The molecule has 3 rings (SSSR count). The Balaban J connectivity index is 1.79. The fraction of sp³-hybridized carbons (Fsp3) is 0.667. The summed E-state index contributed by atoms with van der Waals surface area (Å²) in [7, 11) is 3.89. The lowest BCUT2D eigenvalue weighted by Crippen LogP contribution is -2.51. The standard InChI is InChI=1S/C15H21FN4O/c1-19(2)13-11-4-8-20(9-5-12(11)17-10-18-13)14(21)15(16)6-3-7-15/h10H,3-9H2,1-2H3. The minimum atomic E-state index is -1.60. The second kappa shape index (κ2) is 5.24. The third-order valence-electron chi connectivity index (χ3n) is 4.50. The average Bonchev–Trinajstić information content (AvgIpc) is 2.66. The van der Waals surface area contributed by atoms with Crippen LogP contribution in [0.1, 0.15) is 30.5 Å². The van der Waals surface area contributed by atoms with Crippen LogP contribution in [0.5, 0.6) is 0 Å². The molecule has 0 aromatic carbocycles. The van der Waals surface area contributed by atoms with Crippen molar-refractivity contribution >= 4 is 11.7 Å². The second-order valence-electron chi connectivity index (χ2n) is 6.13. The fourth-order valence-electron chi connectivity index (χ4n) is 3.08. The molecule has 2 aliphatic rings. The van der Waals surface area contributed by atoms with E-state index in [4.69, 9.17) is 0 Å². The Labute approximate surface area is 124 Å². The van der Waals surface area contributed by atoms with E-state index in [-0.39, 0.29) is 5.91 Å². The van der Waals surface area contributed by atoms with E-state index in [1.165, 1.54) is 0 Å². The smallest absolute Gasteiger partial charge is 0.260 e. The third-order valence-corrected chi connectivity index (χ3v) is 4.50. The lowest BCUT2D eigenvalue weighted by molar-refractivity contribution is -0.149. The van der Waals surface area contributed by atoms with Crippen LogP contribution >= 0.6 is 0 Å². The highest BCUT2D eigenvalue weighted by molar-refractivity contribution is 5.86. The Morgan fingerprint density at radius 1 is 1.29 bits per heavy atom. The van der Waals surface area contributed by atoms with Crippen LogP contribution in [0.2, 0.25) is 0 Å². The van der Waals surface area contributed by atoms with Crippen molar-refractivity contribution in [1.82, 2.24) is 14.9 Å². The molecule has 1 fully saturated rings. The summed E-state index contributed by atoms with van der Waals surface area (Å²) in [5, 5.41) is 0. The Bertz CT molecular complexity index is 557. The molecule has 0 atom stereocenters. The van der Waals surface area contributed by atoms with E-state index >= 15 is 0 Å². The van der Waals surface area contributed by atoms with Crippen molar-refractivity contribution in [3.05, 3.63) is 17.6 Å². The summed E-state index contributed by atoms with van der Waals surface area (Å²) >= 11 is 0. The van der Waals surface area contributed by atoms with Gasteiger partial charge in [0.05, 0.1) is 5.69 Å². The molecule has 1 aliphatic carbocycles. The molecule has 0 N–H and O–H groups in total. The van der Waals surface area contributed by atoms with Gasteiger partial charge in [-0.2, -0.15) is 0 Å². The first-order valence-electron chi connectivity index (χ1n) is 7.50. The molecule has 0 radical (unpaired) electrons. The molecule has 114 valence electrons. The van der Waals surface area contributed by atoms with Crippen molar-refractivity contribution < 1.29 is 9.18 Å². The summed E-state index contributed by atoms with van der Waals surface area (Å²) < 4.78 is 14.3. The second-order valence-corrected chi connectivity index (χ2v) is 6.13. The topological polar surface area (TPSA) is 49.3 Å². The van der Waals surface area contributed by atoms with Crippen molar-refractivity contribution in [2.24, 2.45) is 0 Å². The summed E-state index contributed by atoms with van der Waals surface area (Å²) in [6, 6.07) is 0. The van der Waals surface area contributed by atoms with Gasteiger partial charge in [0.2, 0.25) is 0 Å². The van der Waals surface area contributed by atoms with Crippen LogP contribution in [-0.2, 0) is 17.6 Å². The van der Waals surface area contributed by atoms with Gasteiger partial charge in [0.1, 0.15) is 12.1 Å². The number of nitrogens with zero attached hydrogens (tertiary/aromatic N) is 4. The van der Waals surface area contributed by atoms with E-state index in [2.05, 4.69) is 9.97 Å². The predicted octanol–water partition coefficient (Wildman–Crippen LogP) is 1.36. The maximum Gasteiger partial charge on any atom is 0.260 e. The number of alkyl halides is 1. The first-order valence-corrected chi connectivity index (χ1v) is 7.50. The van der Waals surface area contributed by atoms with E-state index in [0.29, 0.717) is 38.8 Å². The summed E-state index contributed by atoms with van der Waals surface area (Å²) in [6.45, 7) is 1.09. The normalized spacial score (nSPS) is 20.2. The quantitative estimate of drug-likeness (QED) is 0.826. The highest BCUT2D eigenvalue weighted by Crippen LogP contribution is 2.38. The summed E-state index contributed by atoms with van der Waals surface area (Å²) in [4.78, 5) is 24.6. The lowest BCUT2D eigenvalue weighted by atomic mass is 9.81. The van der Waals surface area contributed by atoms with Gasteiger partial charge in [0.25, 0.3) is 5.91 Å². The Kier molecular flexibility index (Phi) is 3.55. The molecule has 1 aliphatic heterocycles. The van der Waals surface area contributed by atoms with Gasteiger partial charge in [0, 0.05) is 39.2 Å². The number of rotatable bonds is 2. The average molecular weight is 292 g/mol. The van der Waals surface area contributed by atoms with Crippen LogP contribution < -0.4 is 4.90 Å². The predicted molar refractivity (Wildman–Crippen MR) is 78.0 cm³/mol. The highest BCUT2D eigenvalue weighted by Gasteiger charge is 2.47. The van der Waals surface area contributed by atoms with Crippen LogP contribution in [-0.4, -0.2) is 53.6 Å². The van der Waals surface area contributed by atoms with Gasteiger partial charge in [-0.05, 0) is 25.7 Å². The molecule has 1 amide bonds. The van der Waals surface area contributed by atoms with Crippen molar-refractivity contribution in [2.75, 3.05) is 32.1 Å². The monoisotopic (exact) mass is 292 g/mol. The number of fused-ring (bicyclic) bond motifs is 1. The molecule has 0 spiro atoms. The Morgan fingerprint density at radius 2 is 2.00 bits per heavy atom. The van der Waals surface area contributed by atoms with Gasteiger partial charge in [-0.3, -0.25) is 4.79 Å². The number of amides is 1. The SMILES string of the molecule is CN(C)c1ncnc2c1CCN(C(=O)C1(F)CCC1)CC2. The van der Waals surface area contributed by atoms with Gasteiger partial charge >= 0.3 is 0 Å². The van der Waals surface area contributed by atoms with E-state index in [9.17, 15) is 9.18 Å². The largest absolute Gasteiger partial charge is 0.362 e. The summed E-state index contributed by atoms with van der Waals surface area (Å²) in [6.07, 6.45) is 4.48. The molecule has 0 saturated heterocycles. The minimum Gasteiger partial charge on any atom is -0.362 e. The maximum absolute atomic E-state index is 14.3. The van der Waals surface area contributed by atoms with Gasteiger partial charge in [-0.1, -0.05) is 0 Å². The molecule has 0 bridgehead atoms. The van der Waals surface area contributed by atoms with Gasteiger partial charge in [-0.15, -0.1) is 0 Å². The molecule has 1 aromatic heterocycles. The minimum absolute atomic E-state index is 0.332. The fourth-order valence-corrected chi connectivity index (χ4v) is 3.08. The number of hydrogen-bond acceptors (Lipinski definition) is 4. The Morgan fingerprint density at radius 3 is 2.62 bits per heavy atom. The molecule has 1 saturated carbocycles. The maximum atomic E-state index is 14.3. The van der Waals surface area contributed by atoms with E-state index in [0.717, 1.165) is 23.5 Å². The molecule has 0 unspecified atom stereocenters.